The van der Waals surface area contributed by atoms with Crippen molar-refractivity contribution >= 4 is 6.08 Å². The predicted octanol–water partition coefficient (Wildman–Crippen LogP) is 3.01. The zero-order chi connectivity index (χ0) is 13.9. The molecule has 0 unspecified atom stereocenters. The molecule has 1 aromatic carbocycles. The normalized spacial score (nSPS) is 11.9. The minimum atomic E-state index is 0.495. The molecule has 0 fully saturated rings. The molecule has 3 rings (SSSR count). The summed E-state index contributed by atoms with van der Waals surface area (Å²) >= 11 is 0. The molecule has 0 aliphatic carbocycles. The third-order valence-corrected chi connectivity index (χ3v) is 3.13. The van der Waals surface area contributed by atoms with Gasteiger partial charge in [0, 0.05) is 28.5 Å². The number of fused-ring (bicyclic) bond motifs is 1. The van der Waals surface area contributed by atoms with Crippen LogP contribution < -0.4 is 4.74 Å². The Labute approximate surface area is 117 Å². The van der Waals surface area contributed by atoms with Gasteiger partial charge in [-0.2, -0.15) is 5.26 Å². The fourth-order valence-corrected chi connectivity index (χ4v) is 2.20. The second-order valence-corrected chi connectivity index (χ2v) is 4.32. The molecule has 3 nitrogen and oxygen atoms in total. The highest BCUT2D eigenvalue weighted by molar-refractivity contribution is 5.76. The molecule has 0 spiro atoms. The summed E-state index contributed by atoms with van der Waals surface area (Å²) in [6, 6.07) is 9.52. The van der Waals surface area contributed by atoms with E-state index in [0.717, 1.165) is 16.7 Å². The van der Waals surface area contributed by atoms with Gasteiger partial charge in [-0.25, -0.2) is 4.98 Å². The smallest absolute Gasteiger partial charge is 0.221 e. The fraction of sp³-hybridized carbons (Fsp3) is 0.0588. The Hall–Kier alpha value is -3.04. The van der Waals surface area contributed by atoms with Crippen molar-refractivity contribution in [2.75, 3.05) is 6.61 Å². The summed E-state index contributed by atoms with van der Waals surface area (Å²) in [5, 5.41) is 9.12. The molecule has 1 aliphatic heterocycles. The number of hydrogen-bond acceptors (Lipinski definition) is 3. The largest absolute Gasteiger partial charge is 0.473 e. The molecule has 0 bridgehead atoms. The van der Waals surface area contributed by atoms with E-state index in [0.29, 0.717) is 23.6 Å². The lowest BCUT2D eigenvalue weighted by Crippen LogP contribution is -2.02. The highest BCUT2D eigenvalue weighted by atomic mass is 16.5. The van der Waals surface area contributed by atoms with E-state index >= 15 is 0 Å². The summed E-state index contributed by atoms with van der Waals surface area (Å²) in [5.41, 5.74) is 3.72. The molecule has 2 aromatic rings. The number of nitriles is 1. The number of rotatable bonds is 1. The fourth-order valence-electron chi connectivity index (χ4n) is 2.20. The van der Waals surface area contributed by atoms with Crippen molar-refractivity contribution in [3.63, 3.8) is 0 Å². The molecule has 0 radical (unpaired) electrons. The summed E-state index contributed by atoms with van der Waals surface area (Å²) in [7, 11) is 0. The number of ether oxygens (including phenoxy) is 1. The minimum Gasteiger partial charge on any atom is -0.473 e. The number of benzene rings is 1. The van der Waals surface area contributed by atoms with Crippen LogP contribution in [0.5, 0.6) is 5.88 Å². The van der Waals surface area contributed by atoms with Gasteiger partial charge in [0.25, 0.3) is 0 Å². The summed E-state index contributed by atoms with van der Waals surface area (Å²) in [5.74, 6) is 3.21. The van der Waals surface area contributed by atoms with Crippen molar-refractivity contribution < 1.29 is 4.74 Å². The van der Waals surface area contributed by atoms with Crippen LogP contribution in [0.15, 0.2) is 36.5 Å². The zero-order valence-corrected chi connectivity index (χ0v) is 10.6. The Kier molecular flexibility index (Phi) is 2.95. The van der Waals surface area contributed by atoms with E-state index in [1.165, 1.54) is 0 Å². The van der Waals surface area contributed by atoms with Crippen molar-refractivity contribution in [1.82, 2.24) is 4.98 Å². The van der Waals surface area contributed by atoms with Gasteiger partial charge in [-0.15, -0.1) is 6.42 Å². The highest BCUT2D eigenvalue weighted by Crippen LogP contribution is 2.30. The molecule has 1 aliphatic rings. The van der Waals surface area contributed by atoms with Crippen molar-refractivity contribution in [2.45, 2.75) is 0 Å². The molecular formula is C17H10N2O. The molecular weight excluding hydrogens is 248 g/mol. The average molecular weight is 258 g/mol. The summed E-state index contributed by atoms with van der Waals surface area (Å²) in [6.07, 6.45) is 11.2. The molecule has 3 heteroatoms. The van der Waals surface area contributed by atoms with Crippen LogP contribution in [-0.2, 0) is 0 Å². The van der Waals surface area contributed by atoms with Crippen LogP contribution >= 0.6 is 0 Å². The maximum absolute atomic E-state index is 9.12. The van der Waals surface area contributed by atoms with Crippen LogP contribution in [0.4, 0.5) is 0 Å². The SMILES string of the molecule is C#Cc1c(C#N)cccc1-c1cnc2c(c1)C=CCO2. The van der Waals surface area contributed by atoms with Crippen molar-refractivity contribution in [3.05, 3.63) is 53.2 Å². The third kappa shape index (κ3) is 1.92. The standard InChI is InChI=1S/C17H10N2O/c1-2-15-13(10-18)5-3-7-16(15)14-9-12-6-4-8-20-17(12)19-11-14/h1,3-7,9,11H,8H2. The topological polar surface area (TPSA) is 45.9 Å². The van der Waals surface area contributed by atoms with Crippen LogP contribution in [0.2, 0.25) is 0 Å². The number of aromatic nitrogens is 1. The van der Waals surface area contributed by atoms with E-state index in [9.17, 15) is 0 Å². The first kappa shape index (κ1) is 12.0. The molecule has 0 saturated heterocycles. The van der Waals surface area contributed by atoms with Crippen LogP contribution in [0.3, 0.4) is 0 Å². The second kappa shape index (κ2) is 4.91. The van der Waals surface area contributed by atoms with E-state index in [1.807, 2.05) is 30.4 Å². The lowest BCUT2D eigenvalue weighted by Gasteiger charge is -2.13. The quantitative estimate of drug-likeness (QED) is 0.739. The molecule has 94 valence electrons. The van der Waals surface area contributed by atoms with Gasteiger partial charge in [-0.05, 0) is 18.2 Å². The highest BCUT2D eigenvalue weighted by Gasteiger charge is 2.12. The van der Waals surface area contributed by atoms with E-state index in [4.69, 9.17) is 16.4 Å². The molecule has 0 N–H and O–H groups in total. The average Bonchev–Trinajstić information content (AvgIpc) is 2.53. The minimum absolute atomic E-state index is 0.495. The van der Waals surface area contributed by atoms with Crippen LogP contribution in [0.25, 0.3) is 17.2 Å². The maximum Gasteiger partial charge on any atom is 0.221 e. The summed E-state index contributed by atoms with van der Waals surface area (Å²) < 4.78 is 5.43. The third-order valence-electron chi connectivity index (χ3n) is 3.13. The Morgan fingerprint density at radius 1 is 1.35 bits per heavy atom. The number of nitrogens with zero attached hydrogens (tertiary/aromatic N) is 2. The van der Waals surface area contributed by atoms with Gasteiger partial charge < -0.3 is 4.74 Å². The van der Waals surface area contributed by atoms with E-state index in [2.05, 4.69) is 17.0 Å². The van der Waals surface area contributed by atoms with E-state index < -0.39 is 0 Å². The first-order valence-corrected chi connectivity index (χ1v) is 6.13. The second-order valence-electron chi connectivity index (χ2n) is 4.32. The Morgan fingerprint density at radius 3 is 3.05 bits per heavy atom. The van der Waals surface area contributed by atoms with E-state index in [1.54, 1.807) is 12.3 Å². The molecule has 0 atom stereocenters. The summed E-state index contributed by atoms with van der Waals surface area (Å²) in [4.78, 5) is 4.30. The van der Waals surface area contributed by atoms with Gasteiger partial charge >= 0.3 is 0 Å². The first-order chi connectivity index (χ1) is 9.83. The van der Waals surface area contributed by atoms with Gasteiger partial charge in [-0.3, -0.25) is 0 Å². The van der Waals surface area contributed by atoms with Gasteiger partial charge in [0.05, 0.1) is 5.56 Å². The van der Waals surface area contributed by atoms with Gasteiger partial charge in [0.15, 0.2) is 0 Å². The number of pyridine rings is 1. The lowest BCUT2D eigenvalue weighted by molar-refractivity contribution is 0.344. The van der Waals surface area contributed by atoms with Gasteiger partial charge in [0.1, 0.15) is 12.7 Å². The molecule has 2 heterocycles. The molecule has 1 aromatic heterocycles. The zero-order valence-electron chi connectivity index (χ0n) is 10.6. The lowest BCUT2D eigenvalue weighted by atomic mass is 9.96. The Balaban J connectivity index is 2.18. The monoisotopic (exact) mass is 258 g/mol. The van der Waals surface area contributed by atoms with Crippen molar-refractivity contribution in [3.8, 4) is 35.4 Å². The molecule has 20 heavy (non-hydrogen) atoms. The number of terminal acetylenes is 1. The maximum atomic E-state index is 9.12. The van der Waals surface area contributed by atoms with Gasteiger partial charge in [0.2, 0.25) is 5.88 Å². The summed E-state index contributed by atoms with van der Waals surface area (Å²) in [6.45, 7) is 0.541. The van der Waals surface area contributed by atoms with Crippen LogP contribution in [0, 0.1) is 23.7 Å². The van der Waals surface area contributed by atoms with Gasteiger partial charge in [-0.1, -0.05) is 24.1 Å². The first-order valence-electron chi connectivity index (χ1n) is 6.13. The Morgan fingerprint density at radius 2 is 2.25 bits per heavy atom. The van der Waals surface area contributed by atoms with Crippen molar-refractivity contribution in [2.24, 2.45) is 0 Å². The van der Waals surface area contributed by atoms with Crippen LogP contribution in [-0.4, -0.2) is 11.6 Å². The molecule has 0 saturated carbocycles. The van der Waals surface area contributed by atoms with Crippen molar-refractivity contribution in [1.29, 1.82) is 5.26 Å². The van der Waals surface area contributed by atoms with E-state index in [-0.39, 0.29) is 0 Å². The molecule has 0 amide bonds. The predicted molar refractivity (Wildman–Crippen MR) is 76.9 cm³/mol. The van der Waals surface area contributed by atoms with Crippen LogP contribution in [0.1, 0.15) is 16.7 Å². The number of hydrogen-bond donors (Lipinski definition) is 0. The Bertz CT molecular complexity index is 792.